The number of tetrazole rings is 1. The summed E-state index contributed by atoms with van der Waals surface area (Å²) in [5.41, 5.74) is 2.28. The van der Waals surface area contributed by atoms with Crippen LogP contribution in [0.3, 0.4) is 0 Å². The maximum Gasteiger partial charge on any atom is 0.192 e. The van der Waals surface area contributed by atoms with Crippen LogP contribution in [0.5, 0.6) is 0 Å². The molecule has 1 aliphatic rings. The Morgan fingerprint density at radius 3 is 2.83 bits per heavy atom. The molecule has 1 unspecified atom stereocenters. The van der Waals surface area contributed by atoms with Crippen LogP contribution in [-0.4, -0.2) is 26.8 Å². The molecule has 1 saturated heterocycles. The fourth-order valence-corrected chi connectivity index (χ4v) is 2.24. The van der Waals surface area contributed by atoms with Gasteiger partial charge in [0.15, 0.2) is 5.82 Å². The van der Waals surface area contributed by atoms with E-state index >= 15 is 0 Å². The zero-order valence-corrected chi connectivity index (χ0v) is 10.5. The second-order valence-corrected chi connectivity index (χ2v) is 4.61. The van der Waals surface area contributed by atoms with Gasteiger partial charge < -0.3 is 5.32 Å². The van der Waals surface area contributed by atoms with Gasteiger partial charge in [0, 0.05) is 0 Å². The largest absolute Gasteiger partial charge is 0.307 e. The van der Waals surface area contributed by atoms with E-state index in [0.717, 1.165) is 30.9 Å². The third kappa shape index (κ3) is 2.13. The number of nitrogens with one attached hydrogen (secondary N) is 1. The first-order valence-electron chi connectivity index (χ1n) is 6.49. The molecule has 1 aromatic heterocycles. The van der Waals surface area contributed by atoms with Gasteiger partial charge >= 0.3 is 0 Å². The van der Waals surface area contributed by atoms with Crippen molar-refractivity contribution in [1.82, 2.24) is 25.5 Å². The number of aromatic nitrogens is 4. The second-order valence-electron chi connectivity index (χ2n) is 4.61. The van der Waals surface area contributed by atoms with Gasteiger partial charge in [-0.2, -0.15) is 0 Å². The fourth-order valence-electron chi connectivity index (χ4n) is 2.24. The number of rotatable bonds is 3. The summed E-state index contributed by atoms with van der Waals surface area (Å²) in [7, 11) is 0. The number of nitrogens with zero attached hydrogens (tertiary/aromatic N) is 4. The van der Waals surface area contributed by atoms with Crippen LogP contribution in [0.4, 0.5) is 0 Å². The summed E-state index contributed by atoms with van der Waals surface area (Å²) >= 11 is 0. The Morgan fingerprint density at radius 1 is 1.33 bits per heavy atom. The van der Waals surface area contributed by atoms with E-state index in [4.69, 9.17) is 0 Å². The molecule has 1 aliphatic heterocycles. The SMILES string of the molecule is CCc1ccc(-n2nnc(C3CCCN3)n2)cc1. The predicted molar refractivity (Wildman–Crippen MR) is 68.5 cm³/mol. The molecule has 5 heteroatoms. The predicted octanol–water partition coefficient (Wildman–Crippen LogP) is 1.65. The average molecular weight is 243 g/mol. The first kappa shape index (κ1) is 11.3. The minimum Gasteiger partial charge on any atom is -0.307 e. The standard InChI is InChI=1S/C13H17N5/c1-2-10-5-7-11(8-6-10)18-16-13(15-17-18)12-4-3-9-14-12/h5-8,12,14H,2-4,9H2,1H3. The van der Waals surface area contributed by atoms with Crippen molar-refractivity contribution in [2.45, 2.75) is 32.2 Å². The zero-order valence-electron chi connectivity index (χ0n) is 10.5. The van der Waals surface area contributed by atoms with Gasteiger partial charge in [0.05, 0.1) is 11.7 Å². The molecule has 0 bridgehead atoms. The van der Waals surface area contributed by atoms with Crippen molar-refractivity contribution in [3.8, 4) is 5.69 Å². The van der Waals surface area contributed by atoms with Crippen molar-refractivity contribution in [3.05, 3.63) is 35.7 Å². The molecule has 0 radical (unpaired) electrons. The molecule has 0 saturated carbocycles. The second kappa shape index (κ2) is 4.86. The molecule has 3 rings (SSSR count). The molecule has 1 aromatic carbocycles. The van der Waals surface area contributed by atoms with E-state index in [2.05, 4.69) is 39.8 Å². The highest BCUT2D eigenvalue weighted by Crippen LogP contribution is 2.19. The lowest BCUT2D eigenvalue weighted by atomic mass is 10.2. The van der Waals surface area contributed by atoms with Crippen LogP contribution in [0.25, 0.3) is 5.69 Å². The molecule has 1 atom stereocenters. The minimum absolute atomic E-state index is 0.272. The third-order valence-corrected chi connectivity index (χ3v) is 3.38. The van der Waals surface area contributed by atoms with Crippen molar-refractivity contribution in [2.75, 3.05) is 6.54 Å². The van der Waals surface area contributed by atoms with Crippen LogP contribution < -0.4 is 5.32 Å². The van der Waals surface area contributed by atoms with E-state index in [1.54, 1.807) is 4.80 Å². The minimum atomic E-state index is 0.272. The summed E-state index contributed by atoms with van der Waals surface area (Å²) in [5, 5.41) is 16.1. The van der Waals surface area contributed by atoms with Gasteiger partial charge in [0.25, 0.3) is 0 Å². The van der Waals surface area contributed by atoms with E-state index in [0.29, 0.717) is 0 Å². The zero-order chi connectivity index (χ0) is 12.4. The highest BCUT2D eigenvalue weighted by atomic mass is 15.6. The quantitative estimate of drug-likeness (QED) is 0.890. The van der Waals surface area contributed by atoms with Gasteiger partial charge in [0.1, 0.15) is 0 Å². The lowest BCUT2D eigenvalue weighted by molar-refractivity contribution is 0.602. The molecular weight excluding hydrogens is 226 g/mol. The van der Waals surface area contributed by atoms with Crippen molar-refractivity contribution in [3.63, 3.8) is 0 Å². The van der Waals surface area contributed by atoms with Crippen LogP contribution in [0, 0.1) is 0 Å². The highest BCUT2D eigenvalue weighted by Gasteiger charge is 2.20. The average Bonchev–Trinajstić information content (AvgIpc) is 3.09. The Labute approximate surface area is 106 Å². The Balaban J connectivity index is 1.82. The van der Waals surface area contributed by atoms with E-state index in [9.17, 15) is 0 Å². The van der Waals surface area contributed by atoms with E-state index in [1.165, 1.54) is 12.0 Å². The third-order valence-electron chi connectivity index (χ3n) is 3.38. The Morgan fingerprint density at radius 2 is 2.17 bits per heavy atom. The number of aryl methyl sites for hydroxylation is 1. The number of hydrogen-bond acceptors (Lipinski definition) is 4. The summed E-state index contributed by atoms with van der Waals surface area (Å²) in [6.45, 7) is 3.19. The van der Waals surface area contributed by atoms with Crippen LogP contribution in [-0.2, 0) is 6.42 Å². The van der Waals surface area contributed by atoms with E-state index in [1.807, 2.05) is 12.1 Å². The van der Waals surface area contributed by atoms with Crippen LogP contribution in [0.1, 0.15) is 37.2 Å². The van der Waals surface area contributed by atoms with Crippen molar-refractivity contribution in [1.29, 1.82) is 0 Å². The maximum absolute atomic E-state index is 4.45. The van der Waals surface area contributed by atoms with Crippen molar-refractivity contribution >= 4 is 0 Å². The van der Waals surface area contributed by atoms with Crippen molar-refractivity contribution in [2.24, 2.45) is 0 Å². The molecular formula is C13H17N5. The normalized spacial score (nSPS) is 19.3. The van der Waals surface area contributed by atoms with Crippen LogP contribution in [0.2, 0.25) is 0 Å². The molecule has 0 spiro atoms. The Hall–Kier alpha value is -1.75. The molecule has 1 N–H and O–H groups in total. The summed E-state index contributed by atoms with van der Waals surface area (Å²) in [6.07, 6.45) is 3.33. The lowest BCUT2D eigenvalue weighted by Crippen LogP contribution is -2.14. The fraction of sp³-hybridized carbons (Fsp3) is 0.462. The van der Waals surface area contributed by atoms with Gasteiger partial charge in [-0.25, -0.2) is 0 Å². The smallest absolute Gasteiger partial charge is 0.192 e. The molecule has 0 amide bonds. The van der Waals surface area contributed by atoms with Gasteiger partial charge in [-0.3, -0.25) is 0 Å². The first-order chi connectivity index (χ1) is 8.86. The summed E-state index contributed by atoms with van der Waals surface area (Å²) in [6, 6.07) is 8.55. The van der Waals surface area contributed by atoms with Crippen LogP contribution in [0.15, 0.2) is 24.3 Å². The number of hydrogen-bond donors (Lipinski definition) is 1. The molecule has 94 valence electrons. The van der Waals surface area contributed by atoms with E-state index in [-0.39, 0.29) is 6.04 Å². The van der Waals surface area contributed by atoms with Crippen molar-refractivity contribution < 1.29 is 0 Å². The van der Waals surface area contributed by atoms with Gasteiger partial charge in [-0.15, -0.1) is 15.0 Å². The van der Waals surface area contributed by atoms with Gasteiger partial charge in [-0.05, 0) is 48.7 Å². The first-order valence-corrected chi connectivity index (χ1v) is 6.49. The van der Waals surface area contributed by atoms with Gasteiger partial charge in [-0.1, -0.05) is 19.1 Å². The molecule has 0 aliphatic carbocycles. The molecule has 2 aromatic rings. The lowest BCUT2D eigenvalue weighted by Gasteiger charge is -2.03. The number of benzene rings is 1. The summed E-state index contributed by atoms with van der Waals surface area (Å²) < 4.78 is 0. The maximum atomic E-state index is 4.45. The monoisotopic (exact) mass is 243 g/mol. The highest BCUT2D eigenvalue weighted by molar-refractivity contribution is 5.32. The molecule has 1 fully saturated rings. The summed E-state index contributed by atoms with van der Waals surface area (Å²) in [4.78, 5) is 1.61. The Kier molecular flexibility index (Phi) is 3.06. The van der Waals surface area contributed by atoms with Crippen LogP contribution >= 0.6 is 0 Å². The van der Waals surface area contributed by atoms with Gasteiger partial charge in [0.2, 0.25) is 0 Å². The molecule has 18 heavy (non-hydrogen) atoms. The summed E-state index contributed by atoms with van der Waals surface area (Å²) in [5.74, 6) is 0.798. The Bertz CT molecular complexity index is 510. The van der Waals surface area contributed by atoms with E-state index < -0.39 is 0 Å². The molecule has 2 heterocycles. The topological polar surface area (TPSA) is 55.6 Å². The molecule has 5 nitrogen and oxygen atoms in total.